The smallest absolute Gasteiger partial charge is 0.137 e. The number of para-hydroxylation sites is 4. The molecule has 2 heterocycles. The first-order chi connectivity index (χ1) is 21.7. The van der Waals surface area contributed by atoms with Crippen molar-refractivity contribution in [2.24, 2.45) is 11.7 Å². The van der Waals surface area contributed by atoms with E-state index in [4.69, 9.17) is 5.73 Å². The number of allylic oxidation sites excluding steroid dienone is 2. The minimum absolute atomic E-state index is 0.141. The minimum Gasteiger partial charge on any atom is -0.324 e. The molecule has 214 valence electrons. The van der Waals surface area contributed by atoms with Crippen molar-refractivity contribution in [1.29, 1.82) is 5.41 Å². The second kappa shape index (κ2) is 10.8. The van der Waals surface area contributed by atoms with Crippen LogP contribution in [0.4, 0.5) is 11.4 Å². The first kappa shape index (κ1) is 26.4. The summed E-state index contributed by atoms with van der Waals surface area (Å²) in [6.07, 6.45) is 7.61. The fraction of sp³-hybridized carbons (Fsp3) is 0.125. The molecule has 8 rings (SSSR count). The number of hydrogen-bond donors (Lipinski definition) is 2. The molecule has 4 nitrogen and oxygen atoms in total. The summed E-state index contributed by atoms with van der Waals surface area (Å²) in [5, 5.41) is 11.1. The van der Waals surface area contributed by atoms with Gasteiger partial charge in [0.1, 0.15) is 5.84 Å². The summed E-state index contributed by atoms with van der Waals surface area (Å²) in [6.45, 7) is 0. The van der Waals surface area contributed by atoms with Gasteiger partial charge in [-0.25, -0.2) is 0 Å². The van der Waals surface area contributed by atoms with Gasteiger partial charge < -0.3 is 10.3 Å². The van der Waals surface area contributed by atoms with Crippen LogP contribution in [0.15, 0.2) is 140 Å². The number of nitrogens with one attached hydrogen (secondary N) is 1. The molecule has 2 aliphatic rings. The van der Waals surface area contributed by atoms with E-state index in [0.29, 0.717) is 11.8 Å². The third-order valence-electron chi connectivity index (χ3n) is 9.32. The van der Waals surface area contributed by atoms with Crippen LogP contribution in [0.2, 0.25) is 0 Å². The number of fused-ring (bicyclic) bond motifs is 7. The Hall–Kier alpha value is -5.19. The molecule has 6 aromatic rings. The Morgan fingerprint density at radius 1 is 0.705 bits per heavy atom. The van der Waals surface area contributed by atoms with E-state index in [-0.39, 0.29) is 6.04 Å². The molecule has 3 N–H and O–H groups in total. The highest BCUT2D eigenvalue weighted by molar-refractivity contribution is 6.21. The molecule has 0 saturated carbocycles. The van der Waals surface area contributed by atoms with Crippen molar-refractivity contribution >= 4 is 28.1 Å². The number of benzene rings is 5. The van der Waals surface area contributed by atoms with E-state index in [9.17, 15) is 5.41 Å². The van der Waals surface area contributed by atoms with Crippen LogP contribution in [-0.2, 0) is 0 Å². The van der Waals surface area contributed by atoms with E-state index in [1.54, 1.807) is 0 Å². The van der Waals surface area contributed by atoms with Gasteiger partial charge >= 0.3 is 0 Å². The van der Waals surface area contributed by atoms with Gasteiger partial charge in [-0.3, -0.25) is 10.3 Å². The molecule has 0 fully saturated rings. The number of amidine groups is 1. The lowest BCUT2D eigenvalue weighted by atomic mass is 9.83. The van der Waals surface area contributed by atoms with Crippen molar-refractivity contribution in [3.05, 3.63) is 151 Å². The van der Waals surface area contributed by atoms with E-state index >= 15 is 0 Å². The Kier molecular flexibility index (Phi) is 6.50. The molecule has 44 heavy (non-hydrogen) atoms. The van der Waals surface area contributed by atoms with Crippen molar-refractivity contribution in [2.45, 2.75) is 25.3 Å². The summed E-state index contributed by atoms with van der Waals surface area (Å²) < 4.78 is 2.38. The first-order valence-corrected chi connectivity index (χ1v) is 15.5. The van der Waals surface area contributed by atoms with Gasteiger partial charge in [0.15, 0.2) is 0 Å². The van der Waals surface area contributed by atoms with E-state index in [2.05, 4.69) is 143 Å². The standard InChI is InChI=1S/C40H34N4/c41-38(27-15-3-1-4-16-27)29-19-7-8-20-30(29)40(42)44-35-25-13-10-22-32(35)37-31-21-9-12-24-34(31)43(28-17-5-2-6-18-28)39(37)33-23-11-14-26-36(33)44/h1-3,5-14,17-27,38,42H,4,15-16,41H2. The van der Waals surface area contributed by atoms with Crippen LogP contribution < -0.4 is 10.6 Å². The van der Waals surface area contributed by atoms with Crippen LogP contribution in [0.5, 0.6) is 0 Å². The number of hydrogen-bond acceptors (Lipinski definition) is 2. The van der Waals surface area contributed by atoms with Crippen molar-refractivity contribution in [1.82, 2.24) is 4.57 Å². The lowest BCUT2D eigenvalue weighted by molar-refractivity contribution is 0.397. The lowest BCUT2D eigenvalue weighted by Gasteiger charge is -2.31. The maximum absolute atomic E-state index is 9.92. The third kappa shape index (κ3) is 4.14. The Labute approximate surface area is 258 Å². The summed E-state index contributed by atoms with van der Waals surface area (Å²) in [4.78, 5) is 2.14. The monoisotopic (exact) mass is 570 g/mol. The van der Waals surface area contributed by atoms with Gasteiger partial charge in [0.25, 0.3) is 0 Å². The van der Waals surface area contributed by atoms with E-state index in [1.807, 2.05) is 6.07 Å². The third-order valence-corrected chi connectivity index (χ3v) is 9.32. The maximum atomic E-state index is 9.92. The van der Waals surface area contributed by atoms with Crippen LogP contribution in [0.25, 0.3) is 39.0 Å². The highest BCUT2D eigenvalue weighted by atomic mass is 15.2. The molecule has 1 aliphatic carbocycles. The zero-order valence-corrected chi connectivity index (χ0v) is 24.5. The van der Waals surface area contributed by atoms with Crippen LogP contribution >= 0.6 is 0 Å². The largest absolute Gasteiger partial charge is 0.324 e. The topological polar surface area (TPSA) is 58.0 Å². The van der Waals surface area contributed by atoms with Gasteiger partial charge in [0, 0.05) is 39.4 Å². The Balaban J connectivity index is 1.39. The summed E-state index contributed by atoms with van der Waals surface area (Å²) in [5.41, 5.74) is 17.7. The number of nitrogens with zero attached hydrogens (tertiary/aromatic N) is 2. The summed E-state index contributed by atoms with van der Waals surface area (Å²) in [6, 6.07) is 44.5. The SMILES string of the molecule is N=C(c1ccccc1C(N)C1CC=CCC1)N1c2ccccc2-c2c(n(-c3ccccc3)c3ccccc23)-c2ccccc21. The molecule has 4 heteroatoms. The van der Waals surface area contributed by atoms with E-state index in [1.165, 1.54) is 10.9 Å². The average molecular weight is 571 g/mol. The number of rotatable bonds is 4. The Morgan fingerprint density at radius 2 is 1.36 bits per heavy atom. The van der Waals surface area contributed by atoms with Crippen LogP contribution in [0.3, 0.4) is 0 Å². The first-order valence-electron chi connectivity index (χ1n) is 15.5. The lowest BCUT2D eigenvalue weighted by Crippen LogP contribution is -2.30. The fourth-order valence-corrected chi connectivity index (χ4v) is 7.25. The highest BCUT2D eigenvalue weighted by Gasteiger charge is 2.33. The van der Waals surface area contributed by atoms with Gasteiger partial charge in [-0.05, 0) is 61.1 Å². The van der Waals surface area contributed by atoms with E-state index in [0.717, 1.165) is 69.8 Å². The quantitative estimate of drug-likeness (QED) is 0.126. The molecule has 1 aromatic heterocycles. The molecule has 1 aliphatic heterocycles. The van der Waals surface area contributed by atoms with Crippen molar-refractivity contribution < 1.29 is 0 Å². The molecule has 0 bridgehead atoms. The zero-order valence-electron chi connectivity index (χ0n) is 24.5. The van der Waals surface area contributed by atoms with Gasteiger partial charge in [0.05, 0.1) is 22.6 Å². The zero-order chi connectivity index (χ0) is 29.6. The molecular weight excluding hydrogens is 536 g/mol. The summed E-state index contributed by atoms with van der Waals surface area (Å²) in [5.74, 6) is 0.794. The van der Waals surface area contributed by atoms with Gasteiger partial charge in [0.2, 0.25) is 0 Å². The van der Waals surface area contributed by atoms with Crippen molar-refractivity contribution in [2.75, 3.05) is 4.90 Å². The van der Waals surface area contributed by atoms with Crippen LogP contribution in [0.1, 0.15) is 36.4 Å². The predicted molar refractivity (Wildman–Crippen MR) is 183 cm³/mol. The molecule has 0 saturated heterocycles. The van der Waals surface area contributed by atoms with Gasteiger partial charge in [-0.2, -0.15) is 0 Å². The molecule has 5 aromatic carbocycles. The number of anilines is 2. The average Bonchev–Trinajstić information content (AvgIpc) is 3.38. The highest BCUT2D eigenvalue weighted by Crippen LogP contribution is 2.52. The molecule has 0 radical (unpaired) electrons. The molecule has 0 spiro atoms. The fourth-order valence-electron chi connectivity index (χ4n) is 7.25. The van der Waals surface area contributed by atoms with Crippen molar-refractivity contribution in [3.8, 4) is 28.1 Å². The summed E-state index contributed by atoms with van der Waals surface area (Å²) in [7, 11) is 0. The van der Waals surface area contributed by atoms with Crippen LogP contribution in [0, 0.1) is 11.3 Å². The second-order valence-corrected chi connectivity index (χ2v) is 11.8. The normalized spacial score (nSPS) is 16.1. The second-order valence-electron chi connectivity index (χ2n) is 11.8. The number of nitrogens with two attached hydrogens (primary N) is 1. The molecular formula is C40H34N4. The number of aromatic nitrogens is 1. The Morgan fingerprint density at radius 3 is 2.16 bits per heavy atom. The molecule has 2 unspecified atom stereocenters. The van der Waals surface area contributed by atoms with Gasteiger partial charge in [-0.15, -0.1) is 0 Å². The van der Waals surface area contributed by atoms with Crippen LogP contribution in [-0.4, -0.2) is 10.4 Å². The maximum Gasteiger partial charge on any atom is 0.137 e. The molecule has 0 amide bonds. The van der Waals surface area contributed by atoms with E-state index < -0.39 is 0 Å². The van der Waals surface area contributed by atoms with Gasteiger partial charge in [-0.1, -0.05) is 109 Å². The van der Waals surface area contributed by atoms with Crippen molar-refractivity contribution in [3.63, 3.8) is 0 Å². The molecule has 2 atom stereocenters. The summed E-state index contributed by atoms with van der Waals surface area (Å²) >= 11 is 0. The predicted octanol–water partition coefficient (Wildman–Crippen LogP) is 9.80. The Bertz CT molecular complexity index is 2050. The minimum atomic E-state index is -0.141.